The number of halogens is 4. The predicted octanol–water partition coefficient (Wildman–Crippen LogP) is 2.21. The first-order chi connectivity index (χ1) is 11.2. The van der Waals surface area contributed by atoms with Gasteiger partial charge in [0.2, 0.25) is 5.91 Å². The monoisotopic (exact) mass is 348 g/mol. The number of hydrogen-bond donors (Lipinski definition) is 1. The van der Waals surface area contributed by atoms with E-state index >= 15 is 0 Å². The number of ether oxygens (including phenoxy) is 1. The summed E-state index contributed by atoms with van der Waals surface area (Å²) in [5.41, 5.74) is 4.95. The molecule has 1 aromatic carbocycles. The average Bonchev–Trinajstić information content (AvgIpc) is 2.55. The summed E-state index contributed by atoms with van der Waals surface area (Å²) in [6.45, 7) is 3.49. The molecule has 1 aromatic rings. The Morgan fingerprint density at radius 3 is 2.54 bits per heavy atom. The van der Waals surface area contributed by atoms with Crippen LogP contribution in [0.5, 0.6) is 0 Å². The summed E-state index contributed by atoms with van der Waals surface area (Å²) < 4.78 is 56.8. The van der Waals surface area contributed by atoms with Crippen molar-refractivity contribution in [2.45, 2.75) is 25.6 Å². The fourth-order valence-corrected chi connectivity index (χ4v) is 2.65. The molecule has 24 heavy (non-hydrogen) atoms. The third-order valence-electron chi connectivity index (χ3n) is 4.11. The van der Waals surface area contributed by atoms with Gasteiger partial charge < -0.3 is 15.4 Å². The number of carbonyl (C=O) groups is 1. The molecular weight excluding hydrogens is 328 g/mol. The molecule has 1 aliphatic heterocycles. The van der Waals surface area contributed by atoms with Gasteiger partial charge >= 0.3 is 6.18 Å². The summed E-state index contributed by atoms with van der Waals surface area (Å²) in [7, 11) is 0. The lowest BCUT2D eigenvalue weighted by atomic mass is 9.92. The Morgan fingerprint density at radius 1 is 1.33 bits per heavy atom. The first kappa shape index (κ1) is 18.7. The van der Waals surface area contributed by atoms with Crippen molar-refractivity contribution in [1.29, 1.82) is 0 Å². The summed E-state index contributed by atoms with van der Waals surface area (Å²) in [6.07, 6.45) is -4.60. The minimum atomic E-state index is -4.75. The SMILES string of the molecule is CC(Cc1ccc(F)c(C(F)(F)F)c1)C(N)C(=O)N1CCOCC1. The maximum Gasteiger partial charge on any atom is 0.419 e. The number of amides is 1. The van der Waals surface area contributed by atoms with Gasteiger partial charge in [-0.05, 0) is 30.0 Å². The van der Waals surface area contributed by atoms with Crippen molar-refractivity contribution in [3.8, 4) is 0 Å². The molecule has 1 saturated heterocycles. The van der Waals surface area contributed by atoms with Crippen molar-refractivity contribution in [3.05, 3.63) is 35.1 Å². The molecule has 0 saturated carbocycles. The number of rotatable bonds is 4. The fourth-order valence-electron chi connectivity index (χ4n) is 2.65. The highest BCUT2D eigenvalue weighted by Crippen LogP contribution is 2.32. The van der Waals surface area contributed by atoms with E-state index in [0.29, 0.717) is 31.9 Å². The molecule has 1 heterocycles. The average molecular weight is 348 g/mol. The first-order valence-electron chi connectivity index (χ1n) is 7.68. The van der Waals surface area contributed by atoms with E-state index in [4.69, 9.17) is 10.5 Å². The highest BCUT2D eigenvalue weighted by molar-refractivity contribution is 5.82. The topological polar surface area (TPSA) is 55.6 Å². The summed E-state index contributed by atoms with van der Waals surface area (Å²) in [6, 6.07) is 2.02. The van der Waals surface area contributed by atoms with Gasteiger partial charge in [-0.1, -0.05) is 13.0 Å². The second kappa shape index (κ2) is 7.48. The van der Waals surface area contributed by atoms with Crippen molar-refractivity contribution >= 4 is 5.91 Å². The van der Waals surface area contributed by atoms with Gasteiger partial charge in [0.25, 0.3) is 0 Å². The summed E-state index contributed by atoms with van der Waals surface area (Å²) in [5, 5.41) is 0. The lowest BCUT2D eigenvalue weighted by Crippen LogP contribution is -2.51. The van der Waals surface area contributed by atoms with E-state index in [9.17, 15) is 22.4 Å². The van der Waals surface area contributed by atoms with E-state index in [1.165, 1.54) is 6.07 Å². The van der Waals surface area contributed by atoms with E-state index in [0.717, 1.165) is 12.1 Å². The van der Waals surface area contributed by atoms with Crippen molar-refractivity contribution in [2.75, 3.05) is 26.3 Å². The maximum atomic E-state index is 13.3. The largest absolute Gasteiger partial charge is 0.419 e. The van der Waals surface area contributed by atoms with Gasteiger partial charge in [-0.15, -0.1) is 0 Å². The Balaban J connectivity index is 2.05. The van der Waals surface area contributed by atoms with Crippen molar-refractivity contribution < 1.29 is 27.1 Å². The Labute approximate surface area is 137 Å². The van der Waals surface area contributed by atoms with Crippen LogP contribution in [0, 0.1) is 11.7 Å². The number of benzene rings is 1. The van der Waals surface area contributed by atoms with E-state index in [1.54, 1.807) is 11.8 Å². The smallest absolute Gasteiger partial charge is 0.378 e. The van der Waals surface area contributed by atoms with Crippen LogP contribution in [0.1, 0.15) is 18.1 Å². The van der Waals surface area contributed by atoms with Crippen LogP contribution in [-0.2, 0) is 22.1 Å². The number of alkyl halides is 3. The standard InChI is InChI=1S/C16H20F4N2O2/c1-10(14(21)15(23)22-4-6-24-7-5-22)8-11-2-3-13(17)12(9-11)16(18,19)20/h2-3,9-10,14H,4-8,21H2,1H3. The summed E-state index contributed by atoms with van der Waals surface area (Å²) >= 11 is 0. The Morgan fingerprint density at radius 2 is 1.96 bits per heavy atom. The molecule has 2 unspecified atom stereocenters. The van der Waals surface area contributed by atoms with Crippen molar-refractivity contribution in [2.24, 2.45) is 11.7 Å². The zero-order valence-electron chi connectivity index (χ0n) is 13.3. The third kappa shape index (κ3) is 4.45. The molecule has 8 heteroatoms. The second-order valence-electron chi connectivity index (χ2n) is 5.96. The molecule has 4 nitrogen and oxygen atoms in total. The quantitative estimate of drug-likeness (QED) is 0.849. The van der Waals surface area contributed by atoms with Crippen molar-refractivity contribution in [1.82, 2.24) is 4.90 Å². The lowest BCUT2D eigenvalue weighted by molar-refractivity contribution is -0.140. The molecule has 2 N–H and O–H groups in total. The Bertz CT molecular complexity index is 586. The van der Waals surface area contributed by atoms with E-state index in [2.05, 4.69) is 0 Å². The molecule has 1 fully saturated rings. The normalized spacial score (nSPS) is 18.3. The van der Waals surface area contributed by atoms with Gasteiger partial charge in [-0.2, -0.15) is 13.2 Å². The van der Waals surface area contributed by atoms with Gasteiger partial charge in [-0.25, -0.2) is 4.39 Å². The number of morpholine rings is 1. The predicted molar refractivity (Wildman–Crippen MR) is 79.6 cm³/mol. The zero-order valence-corrected chi connectivity index (χ0v) is 13.3. The molecule has 0 bridgehead atoms. The first-order valence-corrected chi connectivity index (χ1v) is 7.68. The van der Waals surface area contributed by atoms with E-state index in [-0.39, 0.29) is 18.2 Å². The molecular formula is C16H20F4N2O2. The van der Waals surface area contributed by atoms with Crippen LogP contribution >= 0.6 is 0 Å². The number of nitrogens with zero attached hydrogens (tertiary/aromatic N) is 1. The maximum absolute atomic E-state index is 13.3. The number of hydrogen-bond acceptors (Lipinski definition) is 3. The second-order valence-corrected chi connectivity index (χ2v) is 5.96. The van der Waals surface area contributed by atoms with E-state index in [1.807, 2.05) is 0 Å². The van der Waals surface area contributed by atoms with Crippen LogP contribution in [0.4, 0.5) is 17.6 Å². The minimum absolute atomic E-state index is 0.153. The summed E-state index contributed by atoms with van der Waals surface area (Å²) in [4.78, 5) is 13.9. The van der Waals surface area contributed by atoms with Gasteiger partial charge in [0.15, 0.2) is 0 Å². The van der Waals surface area contributed by atoms with Crippen LogP contribution < -0.4 is 5.73 Å². The van der Waals surface area contributed by atoms with Crippen LogP contribution in [0.3, 0.4) is 0 Å². The van der Waals surface area contributed by atoms with Gasteiger partial charge in [0.1, 0.15) is 5.82 Å². The number of nitrogens with two attached hydrogens (primary N) is 1. The molecule has 0 aliphatic carbocycles. The van der Waals surface area contributed by atoms with Crippen LogP contribution in [0.15, 0.2) is 18.2 Å². The molecule has 134 valence electrons. The highest BCUT2D eigenvalue weighted by Gasteiger charge is 2.34. The Hall–Kier alpha value is -1.67. The third-order valence-corrected chi connectivity index (χ3v) is 4.11. The molecule has 0 aromatic heterocycles. The molecule has 1 amide bonds. The van der Waals surface area contributed by atoms with Gasteiger partial charge in [0, 0.05) is 13.1 Å². The minimum Gasteiger partial charge on any atom is -0.378 e. The molecule has 2 atom stereocenters. The summed E-state index contributed by atoms with van der Waals surface area (Å²) in [5.74, 6) is -1.94. The van der Waals surface area contributed by atoms with Crippen LogP contribution in [0.2, 0.25) is 0 Å². The van der Waals surface area contributed by atoms with E-state index < -0.39 is 23.6 Å². The van der Waals surface area contributed by atoms with Crippen LogP contribution in [0.25, 0.3) is 0 Å². The fraction of sp³-hybridized carbons (Fsp3) is 0.562. The number of carbonyl (C=O) groups excluding carboxylic acids is 1. The van der Waals surface area contributed by atoms with Gasteiger partial charge in [-0.3, -0.25) is 4.79 Å². The molecule has 1 aliphatic rings. The van der Waals surface area contributed by atoms with Crippen molar-refractivity contribution in [3.63, 3.8) is 0 Å². The lowest BCUT2D eigenvalue weighted by Gasteiger charge is -2.31. The van der Waals surface area contributed by atoms with Crippen LogP contribution in [-0.4, -0.2) is 43.2 Å². The zero-order chi connectivity index (χ0) is 17.9. The molecule has 0 spiro atoms. The Kier molecular flexibility index (Phi) is 5.82. The van der Waals surface area contributed by atoms with Gasteiger partial charge in [0.05, 0.1) is 24.8 Å². The molecule has 2 rings (SSSR count). The highest BCUT2D eigenvalue weighted by atomic mass is 19.4. The molecule has 0 radical (unpaired) electrons.